The predicted octanol–water partition coefficient (Wildman–Crippen LogP) is 2.58. The molecule has 112 valence electrons. The van der Waals surface area contributed by atoms with Gasteiger partial charge in [0.25, 0.3) is 0 Å². The monoisotopic (exact) mass is 286 g/mol. The van der Waals surface area contributed by atoms with Crippen LogP contribution in [0.25, 0.3) is 0 Å². The van der Waals surface area contributed by atoms with Gasteiger partial charge >= 0.3 is 0 Å². The summed E-state index contributed by atoms with van der Waals surface area (Å²) in [6.45, 7) is 1.68. The number of hydrogen-bond donors (Lipinski definition) is 0. The first kappa shape index (κ1) is 14.1. The Bertz CT molecular complexity index is 507. The van der Waals surface area contributed by atoms with Gasteiger partial charge in [-0.2, -0.15) is 0 Å². The average Bonchev–Trinajstić information content (AvgIpc) is 2.74. The van der Waals surface area contributed by atoms with Gasteiger partial charge in [-0.1, -0.05) is 31.0 Å². The van der Waals surface area contributed by atoms with E-state index in [9.17, 15) is 9.59 Å². The minimum atomic E-state index is -0.307. The van der Waals surface area contributed by atoms with Crippen LogP contribution < -0.4 is 4.90 Å². The van der Waals surface area contributed by atoms with Crippen LogP contribution in [0.3, 0.4) is 0 Å². The Morgan fingerprint density at radius 1 is 1.00 bits per heavy atom. The molecule has 0 spiro atoms. The Balaban J connectivity index is 1.79. The smallest absolute Gasteiger partial charge is 0.245 e. The average molecular weight is 286 g/mol. The predicted molar refractivity (Wildman–Crippen MR) is 82.0 cm³/mol. The topological polar surface area (TPSA) is 40.6 Å². The Morgan fingerprint density at radius 2 is 1.67 bits per heavy atom. The molecule has 0 aliphatic carbocycles. The fourth-order valence-electron chi connectivity index (χ4n) is 3.33. The molecule has 0 aromatic heterocycles. The highest BCUT2D eigenvalue weighted by Gasteiger charge is 2.39. The Morgan fingerprint density at radius 3 is 2.33 bits per heavy atom. The molecule has 1 aromatic carbocycles. The largest absolute Gasteiger partial charge is 0.341 e. The van der Waals surface area contributed by atoms with Gasteiger partial charge in [0.05, 0.1) is 0 Å². The highest BCUT2D eigenvalue weighted by Crippen LogP contribution is 2.28. The van der Waals surface area contributed by atoms with Crippen molar-refractivity contribution in [1.29, 1.82) is 0 Å². The fourth-order valence-corrected chi connectivity index (χ4v) is 3.33. The normalized spacial score (nSPS) is 23.2. The van der Waals surface area contributed by atoms with Crippen molar-refractivity contribution in [3.63, 3.8) is 0 Å². The SMILES string of the molecule is O=C(C1CCC(=O)N1c1ccccc1)N1CCCCCC1. The summed E-state index contributed by atoms with van der Waals surface area (Å²) in [5, 5.41) is 0. The van der Waals surface area contributed by atoms with E-state index < -0.39 is 0 Å². The highest BCUT2D eigenvalue weighted by molar-refractivity contribution is 6.03. The number of hydrogen-bond acceptors (Lipinski definition) is 2. The van der Waals surface area contributed by atoms with Crippen molar-refractivity contribution in [1.82, 2.24) is 4.90 Å². The van der Waals surface area contributed by atoms with Crippen LogP contribution in [0.15, 0.2) is 30.3 Å². The molecule has 3 rings (SSSR count). The first-order chi connectivity index (χ1) is 10.3. The molecule has 4 heteroatoms. The first-order valence-electron chi connectivity index (χ1n) is 7.93. The Hall–Kier alpha value is -1.84. The van der Waals surface area contributed by atoms with E-state index in [0.29, 0.717) is 12.8 Å². The van der Waals surface area contributed by atoms with Crippen molar-refractivity contribution in [2.24, 2.45) is 0 Å². The molecule has 1 atom stereocenters. The van der Waals surface area contributed by atoms with Crippen molar-refractivity contribution in [3.05, 3.63) is 30.3 Å². The maximum Gasteiger partial charge on any atom is 0.245 e. The van der Waals surface area contributed by atoms with E-state index in [0.717, 1.165) is 31.6 Å². The van der Waals surface area contributed by atoms with E-state index in [1.165, 1.54) is 12.8 Å². The summed E-state index contributed by atoms with van der Waals surface area (Å²) in [5.41, 5.74) is 0.841. The van der Waals surface area contributed by atoms with E-state index in [1.807, 2.05) is 35.2 Å². The molecule has 2 heterocycles. The second-order valence-corrected chi connectivity index (χ2v) is 5.89. The molecule has 2 fully saturated rings. The lowest BCUT2D eigenvalue weighted by atomic mass is 10.1. The van der Waals surface area contributed by atoms with Crippen LogP contribution in [0.5, 0.6) is 0 Å². The summed E-state index contributed by atoms with van der Waals surface area (Å²) in [6, 6.07) is 9.26. The van der Waals surface area contributed by atoms with Crippen molar-refractivity contribution in [2.45, 2.75) is 44.6 Å². The summed E-state index contributed by atoms with van der Waals surface area (Å²) in [5.74, 6) is 0.195. The van der Waals surface area contributed by atoms with Crippen LogP contribution >= 0.6 is 0 Å². The molecule has 1 unspecified atom stereocenters. The number of carbonyl (C=O) groups excluding carboxylic acids is 2. The molecule has 1 aromatic rings. The van der Waals surface area contributed by atoms with E-state index in [1.54, 1.807) is 4.90 Å². The minimum Gasteiger partial charge on any atom is -0.341 e. The second-order valence-electron chi connectivity index (χ2n) is 5.89. The third kappa shape index (κ3) is 2.94. The van der Waals surface area contributed by atoms with Crippen LogP contribution in [-0.4, -0.2) is 35.8 Å². The van der Waals surface area contributed by atoms with E-state index in [2.05, 4.69) is 0 Å². The maximum atomic E-state index is 12.8. The Kier molecular flexibility index (Phi) is 4.23. The molecule has 2 saturated heterocycles. The van der Waals surface area contributed by atoms with Gasteiger partial charge < -0.3 is 4.90 Å². The highest BCUT2D eigenvalue weighted by atomic mass is 16.2. The van der Waals surface area contributed by atoms with Crippen molar-refractivity contribution < 1.29 is 9.59 Å². The molecule has 4 nitrogen and oxygen atoms in total. The molecular formula is C17H22N2O2. The molecule has 0 N–H and O–H groups in total. The zero-order valence-corrected chi connectivity index (χ0v) is 12.3. The number of anilines is 1. The molecular weight excluding hydrogens is 264 g/mol. The number of likely N-dealkylation sites (tertiary alicyclic amines) is 1. The third-order valence-corrected chi connectivity index (χ3v) is 4.45. The number of para-hydroxylation sites is 1. The van der Waals surface area contributed by atoms with Gasteiger partial charge in [0, 0.05) is 25.2 Å². The third-order valence-electron chi connectivity index (χ3n) is 4.45. The summed E-state index contributed by atoms with van der Waals surface area (Å²) < 4.78 is 0. The fraction of sp³-hybridized carbons (Fsp3) is 0.529. The van der Waals surface area contributed by atoms with Gasteiger partial charge in [0.2, 0.25) is 11.8 Å². The van der Waals surface area contributed by atoms with Crippen LogP contribution in [-0.2, 0) is 9.59 Å². The molecule has 2 aliphatic heterocycles. The van der Waals surface area contributed by atoms with Crippen LogP contribution in [0, 0.1) is 0 Å². The van der Waals surface area contributed by atoms with E-state index in [4.69, 9.17) is 0 Å². The molecule has 2 amide bonds. The maximum absolute atomic E-state index is 12.8. The summed E-state index contributed by atoms with van der Waals surface area (Å²) in [4.78, 5) is 28.7. The van der Waals surface area contributed by atoms with Gasteiger partial charge in [-0.15, -0.1) is 0 Å². The van der Waals surface area contributed by atoms with Crippen LogP contribution in [0.4, 0.5) is 5.69 Å². The number of amides is 2. The lowest BCUT2D eigenvalue weighted by Gasteiger charge is -2.29. The summed E-state index contributed by atoms with van der Waals surface area (Å²) >= 11 is 0. The quantitative estimate of drug-likeness (QED) is 0.838. The van der Waals surface area contributed by atoms with Gasteiger partial charge in [-0.25, -0.2) is 0 Å². The number of benzene rings is 1. The minimum absolute atomic E-state index is 0.0642. The lowest BCUT2D eigenvalue weighted by Crippen LogP contribution is -2.47. The van der Waals surface area contributed by atoms with Crippen LogP contribution in [0.1, 0.15) is 38.5 Å². The first-order valence-corrected chi connectivity index (χ1v) is 7.93. The molecule has 0 bridgehead atoms. The van der Waals surface area contributed by atoms with Crippen molar-refractivity contribution in [3.8, 4) is 0 Å². The molecule has 21 heavy (non-hydrogen) atoms. The van der Waals surface area contributed by atoms with E-state index >= 15 is 0 Å². The second kappa shape index (κ2) is 6.29. The summed E-state index contributed by atoms with van der Waals surface area (Å²) in [7, 11) is 0. The molecule has 2 aliphatic rings. The van der Waals surface area contributed by atoms with Gasteiger partial charge in [-0.05, 0) is 31.4 Å². The van der Waals surface area contributed by atoms with Crippen molar-refractivity contribution >= 4 is 17.5 Å². The standard InChI is InChI=1S/C17H22N2O2/c20-16-11-10-15(19(16)14-8-4-3-5-9-14)17(21)18-12-6-1-2-7-13-18/h3-5,8-9,15H,1-2,6-7,10-13H2. The number of nitrogens with zero attached hydrogens (tertiary/aromatic N) is 2. The van der Waals surface area contributed by atoms with Gasteiger partial charge in [0.15, 0.2) is 0 Å². The molecule has 0 saturated carbocycles. The summed E-state index contributed by atoms with van der Waals surface area (Å²) in [6.07, 6.45) is 5.68. The van der Waals surface area contributed by atoms with E-state index in [-0.39, 0.29) is 17.9 Å². The van der Waals surface area contributed by atoms with Crippen molar-refractivity contribution in [2.75, 3.05) is 18.0 Å². The molecule has 0 radical (unpaired) electrons. The Labute approximate surface area is 125 Å². The zero-order valence-electron chi connectivity index (χ0n) is 12.3. The van der Waals surface area contributed by atoms with Crippen LogP contribution in [0.2, 0.25) is 0 Å². The number of rotatable bonds is 2. The van der Waals surface area contributed by atoms with Gasteiger partial charge in [-0.3, -0.25) is 14.5 Å². The lowest BCUT2D eigenvalue weighted by molar-refractivity contribution is -0.133. The number of carbonyl (C=O) groups is 2. The zero-order chi connectivity index (χ0) is 14.7. The van der Waals surface area contributed by atoms with Gasteiger partial charge in [0.1, 0.15) is 6.04 Å².